The van der Waals surface area contributed by atoms with Crippen LogP contribution in [0.15, 0.2) is 24.3 Å². The van der Waals surface area contributed by atoms with Gasteiger partial charge in [0.2, 0.25) is 0 Å². The van der Waals surface area contributed by atoms with Crippen LogP contribution in [0.1, 0.15) is 26.3 Å². The van der Waals surface area contributed by atoms with Crippen LogP contribution in [0.25, 0.3) is 0 Å². The summed E-state index contributed by atoms with van der Waals surface area (Å²) in [5.74, 6) is -0.255. The number of carboxylic acid groups (broad SMARTS) is 1. The molecule has 1 N–H and O–H groups in total. The molecule has 0 saturated heterocycles. The minimum Gasteiger partial charge on any atom is -0.491 e. The number of carbonyl (C=O) groups is 1. The van der Waals surface area contributed by atoms with Crippen LogP contribution >= 0.6 is 0 Å². The lowest BCUT2D eigenvalue weighted by atomic mass is 10.1. The average molecular weight is 252 g/mol. The topological polar surface area (TPSA) is 55.8 Å². The van der Waals surface area contributed by atoms with Gasteiger partial charge in [0.25, 0.3) is 0 Å². The van der Waals surface area contributed by atoms with E-state index in [-0.39, 0.29) is 12.0 Å². The van der Waals surface area contributed by atoms with Crippen molar-refractivity contribution < 1.29 is 19.4 Å². The molecule has 0 unspecified atom stereocenters. The minimum atomic E-state index is -0.864. The molecule has 0 aliphatic rings. The van der Waals surface area contributed by atoms with Crippen molar-refractivity contribution in [3.63, 3.8) is 0 Å². The van der Waals surface area contributed by atoms with E-state index in [0.29, 0.717) is 24.5 Å². The number of benzene rings is 1. The van der Waals surface area contributed by atoms with E-state index in [0.717, 1.165) is 0 Å². The van der Waals surface area contributed by atoms with E-state index in [4.69, 9.17) is 14.6 Å². The summed E-state index contributed by atoms with van der Waals surface area (Å²) >= 11 is 0. The molecule has 1 aromatic carbocycles. The molecule has 100 valence electrons. The van der Waals surface area contributed by atoms with Gasteiger partial charge in [0.1, 0.15) is 12.4 Å². The van der Waals surface area contributed by atoms with Crippen molar-refractivity contribution in [2.45, 2.75) is 32.8 Å². The van der Waals surface area contributed by atoms with Gasteiger partial charge >= 0.3 is 5.97 Å². The van der Waals surface area contributed by atoms with Gasteiger partial charge in [-0.05, 0) is 26.8 Å². The van der Waals surface area contributed by atoms with Crippen LogP contribution in [0, 0.1) is 0 Å². The second kappa shape index (κ2) is 6.40. The maximum absolute atomic E-state index is 10.7. The highest BCUT2D eigenvalue weighted by molar-refractivity contribution is 5.71. The summed E-state index contributed by atoms with van der Waals surface area (Å²) in [4.78, 5) is 10.7. The molecule has 0 bridgehead atoms. The molecular weight excluding hydrogens is 232 g/mol. The molecule has 4 heteroatoms. The Kier molecular flexibility index (Phi) is 5.16. The third-order valence-electron chi connectivity index (χ3n) is 2.19. The molecule has 1 rings (SSSR count). The maximum atomic E-state index is 10.7. The molecule has 0 aromatic heterocycles. The van der Waals surface area contributed by atoms with E-state index < -0.39 is 5.97 Å². The van der Waals surface area contributed by atoms with Crippen molar-refractivity contribution >= 4 is 5.97 Å². The Bertz CT molecular complexity index is 393. The largest absolute Gasteiger partial charge is 0.491 e. The molecule has 0 radical (unpaired) electrons. The second-order valence-electron chi connectivity index (χ2n) is 4.99. The van der Waals surface area contributed by atoms with Crippen LogP contribution < -0.4 is 4.74 Å². The Labute approximate surface area is 108 Å². The number of ether oxygens (including phenoxy) is 2. The molecular formula is C14H20O4. The predicted molar refractivity (Wildman–Crippen MR) is 69.0 cm³/mol. The van der Waals surface area contributed by atoms with Crippen molar-refractivity contribution in [2.75, 3.05) is 13.2 Å². The Balaban J connectivity index is 2.49. The van der Waals surface area contributed by atoms with Gasteiger partial charge in [-0.15, -0.1) is 0 Å². The monoisotopic (exact) mass is 252 g/mol. The standard InChI is InChI=1S/C14H20O4/c1-14(2,3)18-9-8-17-12-7-5-4-6-11(12)10-13(15)16/h4-7H,8-10H2,1-3H3,(H,15,16). The lowest BCUT2D eigenvalue weighted by Gasteiger charge is -2.19. The van der Waals surface area contributed by atoms with Crippen LogP contribution in [0.3, 0.4) is 0 Å². The first-order valence-corrected chi connectivity index (χ1v) is 5.95. The van der Waals surface area contributed by atoms with E-state index in [1.54, 1.807) is 18.2 Å². The summed E-state index contributed by atoms with van der Waals surface area (Å²) in [7, 11) is 0. The van der Waals surface area contributed by atoms with Crippen LogP contribution in [0.4, 0.5) is 0 Å². The molecule has 0 spiro atoms. The smallest absolute Gasteiger partial charge is 0.307 e. The first kappa shape index (κ1) is 14.5. The summed E-state index contributed by atoms with van der Waals surface area (Å²) in [6.07, 6.45) is -0.0314. The number of para-hydroxylation sites is 1. The zero-order valence-corrected chi connectivity index (χ0v) is 11.1. The van der Waals surface area contributed by atoms with Crippen molar-refractivity contribution in [3.05, 3.63) is 29.8 Å². The first-order valence-electron chi connectivity index (χ1n) is 5.95. The fourth-order valence-electron chi connectivity index (χ4n) is 1.45. The predicted octanol–water partition coefficient (Wildman–Crippen LogP) is 2.51. The fraction of sp³-hybridized carbons (Fsp3) is 0.500. The SMILES string of the molecule is CC(C)(C)OCCOc1ccccc1CC(=O)O. The quantitative estimate of drug-likeness (QED) is 0.790. The van der Waals surface area contributed by atoms with Gasteiger partial charge < -0.3 is 14.6 Å². The zero-order chi connectivity index (χ0) is 13.6. The van der Waals surface area contributed by atoms with Crippen molar-refractivity contribution in [3.8, 4) is 5.75 Å². The Morgan fingerprint density at radius 2 is 1.89 bits per heavy atom. The fourth-order valence-corrected chi connectivity index (χ4v) is 1.45. The van der Waals surface area contributed by atoms with Gasteiger partial charge in [-0.1, -0.05) is 18.2 Å². The van der Waals surface area contributed by atoms with Crippen LogP contribution in [0.5, 0.6) is 5.75 Å². The van der Waals surface area contributed by atoms with E-state index in [1.165, 1.54) is 0 Å². The van der Waals surface area contributed by atoms with Crippen LogP contribution in [-0.2, 0) is 16.0 Å². The number of hydrogen-bond acceptors (Lipinski definition) is 3. The molecule has 0 fully saturated rings. The van der Waals surface area contributed by atoms with Gasteiger partial charge in [-0.2, -0.15) is 0 Å². The third-order valence-corrected chi connectivity index (χ3v) is 2.19. The Hall–Kier alpha value is -1.55. The van der Waals surface area contributed by atoms with Gasteiger partial charge in [-0.25, -0.2) is 0 Å². The van der Waals surface area contributed by atoms with Crippen LogP contribution in [-0.4, -0.2) is 29.9 Å². The van der Waals surface area contributed by atoms with E-state index in [1.807, 2.05) is 26.8 Å². The molecule has 1 aromatic rings. The van der Waals surface area contributed by atoms with E-state index >= 15 is 0 Å². The Morgan fingerprint density at radius 3 is 2.50 bits per heavy atom. The molecule has 0 aliphatic heterocycles. The summed E-state index contributed by atoms with van der Waals surface area (Å²) in [5.41, 5.74) is 0.491. The summed E-state index contributed by atoms with van der Waals surface area (Å²) in [5, 5.41) is 8.79. The highest BCUT2D eigenvalue weighted by Crippen LogP contribution is 2.18. The first-order chi connectivity index (χ1) is 8.38. The third kappa shape index (κ3) is 5.68. The Morgan fingerprint density at radius 1 is 1.22 bits per heavy atom. The van der Waals surface area contributed by atoms with Gasteiger partial charge in [-0.3, -0.25) is 4.79 Å². The summed E-state index contributed by atoms with van der Waals surface area (Å²) in [6.45, 7) is 6.82. The van der Waals surface area contributed by atoms with Crippen molar-refractivity contribution in [1.82, 2.24) is 0 Å². The molecule has 0 amide bonds. The minimum absolute atomic E-state index is 0.0314. The van der Waals surface area contributed by atoms with E-state index in [9.17, 15) is 4.79 Å². The lowest BCUT2D eigenvalue weighted by Crippen LogP contribution is -2.22. The molecule has 0 aliphatic carbocycles. The summed E-state index contributed by atoms with van der Waals surface area (Å²) < 4.78 is 11.1. The molecule has 18 heavy (non-hydrogen) atoms. The van der Waals surface area contributed by atoms with Gasteiger partial charge in [0, 0.05) is 5.56 Å². The van der Waals surface area contributed by atoms with Crippen molar-refractivity contribution in [2.24, 2.45) is 0 Å². The molecule has 0 atom stereocenters. The van der Waals surface area contributed by atoms with Crippen LogP contribution in [0.2, 0.25) is 0 Å². The van der Waals surface area contributed by atoms with Gasteiger partial charge in [0.05, 0.1) is 18.6 Å². The second-order valence-corrected chi connectivity index (χ2v) is 4.99. The zero-order valence-electron chi connectivity index (χ0n) is 11.1. The molecule has 4 nitrogen and oxygen atoms in total. The number of rotatable bonds is 6. The molecule has 0 heterocycles. The lowest BCUT2D eigenvalue weighted by molar-refractivity contribution is -0.136. The van der Waals surface area contributed by atoms with E-state index in [2.05, 4.69) is 0 Å². The highest BCUT2D eigenvalue weighted by Gasteiger charge is 2.10. The number of hydrogen-bond donors (Lipinski definition) is 1. The number of aliphatic carboxylic acids is 1. The maximum Gasteiger partial charge on any atom is 0.307 e. The molecule has 0 saturated carbocycles. The van der Waals surface area contributed by atoms with Crippen molar-refractivity contribution in [1.29, 1.82) is 0 Å². The normalized spacial score (nSPS) is 11.3. The summed E-state index contributed by atoms with van der Waals surface area (Å²) in [6, 6.07) is 7.16. The highest BCUT2D eigenvalue weighted by atomic mass is 16.5. The average Bonchev–Trinajstić information content (AvgIpc) is 2.24. The van der Waals surface area contributed by atoms with Gasteiger partial charge in [0.15, 0.2) is 0 Å². The number of carboxylic acids is 1.